The van der Waals surface area contributed by atoms with E-state index < -0.39 is 17.7 Å². The summed E-state index contributed by atoms with van der Waals surface area (Å²) >= 11 is 0. The number of amides is 1. The van der Waals surface area contributed by atoms with Crippen LogP contribution >= 0.6 is 0 Å². The van der Waals surface area contributed by atoms with Gasteiger partial charge in [0.1, 0.15) is 17.3 Å². The lowest BCUT2D eigenvalue weighted by Gasteiger charge is -2.30. The number of carbonyl (C=O) groups is 2. The van der Waals surface area contributed by atoms with E-state index in [1.54, 1.807) is 29.2 Å². The Labute approximate surface area is 188 Å². The van der Waals surface area contributed by atoms with E-state index in [-0.39, 0.29) is 17.4 Å². The maximum absolute atomic E-state index is 13.2. The van der Waals surface area contributed by atoms with Crippen molar-refractivity contribution in [3.8, 4) is 11.5 Å². The molecule has 1 amide bonds. The Kier molecular flexibility index (Phi) is 6.49. The van der Waals surface area contributed by atoms with Gasteiger partial charge in [-0.25, -0.2) is 0 Å². The van der Waals surface area contributed by atoms with Crippen LogP contribution in [-0.2, 0) is 9.59 Å². The summed E-state index contributed by atoms with van der Waals surface area (Å²) in [5.41, 5.74) is 1.40. The average Bonchev–Trinajstić information content (AvgIpc) is 3.42. The van der Waals surface area contributed by atoms with Crippen LogP contribution in [0.5, 0.6) is 11.5 Å². The third kappa shape index (κ3) is 4.09. The molecule has 4 rings (SSSR count). The largest absolute Gasteiger partial charge is 0.507 e. The van der Waals surface area contributed by atoms with Crippen LogP contribution in [0, 0.1) is 0 Å². The van der Waals surface area contributed by atoms with Crippen molar-refractivity contribution < 1.29 is 24.2 Å². The van der Waals surface area contributed by atoms with E-state index in [0.717, 1.165) is 37.0 Å². The molecule has 168 valence electrons. The molecule has 0 bridgehead atoms. The molecule has 2 aromatic carbocycles. The van der Waals surface area contributed by atoms with E-state index >= 15 is 0 Å². The first-order valence-electron chi connectivity index (χ1n) is 11.3. The number of hydrogen-bond acceptors (Lipinski definition) is 5. The van der Waals surface area contributed by atoms with E-state index in [0.29, 0.717) is 24.5 Å². The van der Waals surface area contributed by atoms with Crippen molar-refractivity contribution in [2.24, 2.45) is 0 Å². The van der Waals surface area contributed by atoms with Crippen LogP contribution in [0.2, 0.25) is 0 Å². The number of rotatable bonds is 7. The molecular weight excluding hydrogens is 406 g/mol. The molecule has 32 heavy (non-hydrogen) atoms. The molecule has 6 nitrogen and oxygen atoms in total. The predicted molar refractivity (Wildman–Crippen MR) is 122 cm³/mol. The Morgan fingerprint density at radius 1 is 0.906 bits per heavy atom. The molecule has 1 aliphatic heterocycles. The van der Waals surface area contributed by atoms with Crippen molar-refractivity contribution in [2.75, 3.05) is 13.2 Å². The average molecular weight is 436 g/mol. The molecule has 2 aromatic rings. The lowest BCUT2D eigenvalue weighted by molar-refractivity contribution is -0.141. The molecule has 1 N–H and O–H groups in total. The first-order valence-corrected chi connectivity index (χ1v) is 11.3. The smallest absolute Gasteiger partial charge is 0.295 e. The molecule has 1 aliphatic carbocycles. The Morgan fingerprint density at radius 3 is 1.97 bits per heavy atom. The first kappa shape index (κ1) is 21.9. The van der Waals surface area contributed by atoms with Crippen LogP contribution in [0.25, 0.3) is 5.76 Å². The normalized spacial score (nSPS) is 20.7. The zero-order valence-electron chi connectivity index (χ0n) is 18.5. The maximum Gasteiger partial charge on any atom is 0.295 e. The molecule has 0 radical (unpaired) electrons. The summed E-state index contributed by atoms with van der Waals surface area (Å²) in [6.07, 6.45) is 3.79. The van der Waals surface area contributed by atoms with Crippen molar-refractivity contribution in [3.63, 3.8) is 0 Å². The number of nitrogens with zero attached hydrogens (tertiary/aromatic N) is 1. The van der Waals surface area contributed by atoms with Gasteiger partial charge in [-0.15, -0.1) is 0 Å². The van der Waals surface area contributed by atoms with E-state index in [1.807, 2.05) is 38.1 Å². The monoisotopic (exact) mass is 435 g/mol. The summed E-state index contributed by atoms with van der Waals surface area (Å²) in [6, 6.07) is 13.7. The van der Waals surface area contributed by atoms with Crippen LogP contribution < -0.4 is 9.47 Å². The quantitative estimate of drug-likeness (QED) is 0.382. The van der Waals surface area contributed by atoms with Crippen molar-refractivity contribution >= 4 is 17.4 Å². The first-order chi connectivity index (χ1) is 15.5. The molecular formula is C26H29NO5. The summed E-state index contributed by atoms with van der Waals surface area (Å²) in [6.45, 7) is 4.90. The van der Waals surface area contributed by atoms with Gasteiger partial charge in [-0.05, 0) is 68.7 Å². The van der Waals surface area contributed by atoms with Crippen LogP contribution in [0.3, 0.4) is 0 Å². The Balaban J connectivity index is 1.79. The third-order valence-corrected chi connectivity index (χ3v) is 6.14. The van der Waals surface area contributed by atoms with Crippen LogP contribution in [-0.4, -0.2) is 41.0 Å². The van der Waals surface area contributed by atoms with Gasteiger partial charge in [-0.3, -0.25) is 9.59 Å². The fourth-order valence-electron chi connectivity index (χ4n) is 4.68. The molecule has 0 aromatic heterocycles. The zero-order chi connectivity index (χ0) is 22.7. The molecule has 1 atom stereocenters. The molecule has 0 spiro atoms. The summed E-state index contributed by atoms with van der Waals surface area (Å²) in [5, 5.41) is 11.2. The Bertz CT molecular complexity index is 1000. The number of benzene rings is 2. The van der Waals surface area contributed by atoms with Gasteiger partial charge in [0.25, 0.3) is 11.7 Å². The van der Waals surface area contributed by atoms with Gasteiger partial charge < -0.3 is 19.5 Å². The van der Waals surface area contributed by atoms with E-state index in [4.69, 9.17) is 9.47 Å². The maximum atomic E-state index is 13.2. The minimum absolute atomic E-state index is 0.00588. The molecule has 1 unspecified atom stereocenters. The second-order valence-electron chi connectivity index (χ2n) is 8.10. The number of likely N-dealkylation sites (tertiary alicyclic amines) is 1. The molecule has 1 heterocycles. The van der Waals surface area contributed by atoms with Gasteiger partial charge >= 0.3 is 0 Å². The van der Waals surface area contributed by atoms with Gasteiger partial charge in [-0.1, -0.05) is 25.0 Å². The summed E-state index contributed by atoms with van der Waals surface area (Å²) in [7, 11) is 0. The standard InChI is InChI=1S/C26H29NO5/c1-3-31-20-13-9-17(10-14-20)23-22(24(28)18-11-15-21(16-12-18)32-4-2)25(29)26(30)27(23)19-7-5-6-8-19/h9-16,19,23,28H,3-8H2,1-2H3/b24-22-. The number of carbonyl (C=O) groups excluding carboxylic acids is 2. The zero-order valence-corrected chi connectivity index (χ0v) is 18.5. The topological polar surface area (TPSA) is 76.1 Å². The van der Waals surface area contributed by atoms with Gasteiger partial charge in [0.15, 0.2) is 0 Å². The van der Waals surface area contributed by atoms with Gasteiger partial charge in [0, 0.05) is 11.6 Å². The van der Waals surface area contributed by atoms with Gasteiger partial charge in [0.2, 0.25) is 0 Å². The molecule has 2 fully saturated rings. The number of ketones is 1. The number of ether oxygens (including phenoxy) is 2. The number of hydrogen-bond donors (Lipinski definition) is 1. The summed E-state index contributed by atoms with van der Waals surface area (Å²) < 4.78 is 11.0. The highest BCUT2D eigenvalue weighted by atomic mass is 16.5. The van der Waals surface area contributed by atoms with Crippen LogP contribution in [0.4, 0.5) is 0 Å². The molecule has 2 aliphatic rings. The SMILES string of the molecule is CCOc1ccc(/C(O)=C2/C(=O)C(=O)N(C3CCCC3)C2c2ccc(OCC)cc2)cc1. The minimum Gasteiger partial charge on any atom is -0.507 e. The highest BCUT2D eigenvalue weighted by Gasteiger charge is 2.49. The Hall–Kier alpha value is -3.28. The van der Waals surface area contributed by atoms with Crippen LogP contribution in [0.1, 0.15) is 56.7 Å². The summed E-state index contributed by atoms with van der Waals surface area (Å²) in [4.78, 5) is 28.0. The third-order valence-electron chi connectivity index (χ3n) is 6.14. The second-order valence-corrected chi connectivity index (χ2v) is 8.10. The lowest BCUT2D eigenvalue weighted by atomic mass is 9.94. The van der Waals surface area contributed by atoms with Gasteiger partial charge in [-0.2, -0.15) is 0 Å². The van der Waals surface area contributed by atoms with E-state index in [1.165, 1.54) is 0 Å². The Morgan fingerprint density at radius 2 is 1.44 bits per heavy atom. The van der Waals surface area contributed by atoms with Crippen molar-refractivity contribution in [2.45, 2.75) is 51.6 Å². The number of aliphatic hydroxyl groups excluding tert-OH is 1. The highest BCUT2D eigenvalue weighted by Crippen LogP contribution is 2.43. The van der Waals surface area contributed by atoms with Crippen molar-refractivity contribution in [1.82, 2.24) is 4.90 Å². The second kappa shape index (κ2) is 9.47. The number of aliphatic hydroxyl groups is 1. The lowest BCUT2D eigenvalue weighted by Crippen LogP contribution is -2.37. The number of Topliss-reactive ketones (excluding diaryl/α,β-unsaturated/α-hetero) is 1. The highest BCUT2D eigenvalue weighted by molar-refractivity contribution is 6.46. The molecule has 1 saturated carbocycles. The van der Waals surface area contributed by atoms with Gasteiger partial charge in [0.05, 0.1) is 24.8 Å². The van der Waals surface area contributed by atoms with Crippen molar-refractivity contribution in [1.29, 1.82) is 0 Å². The molecule has 1 saturated heterocycles. The molecule has 6 heteroatoms. The summed E-state index contributed by atoms with van der Waals surface area (Å²) in [5.74, 6) is 0.0651. The minimum atomic E-state index is -0.637. The fourth-order valence-corrected chi connectivity index (χ4v) is 4.68. The van der Waals surface area contributed by atoms with Crippen LogP contribution in [0.15, 0.2) is 54.1 Å². The van der Waals surface area contributed by atoms with E-state index in [9.17, 15) is 14.7 Å². The fraction of sp³-hybridized carbons (Fsp3) is 0.385. The van der Waals surface area contributed by atoms with Crippen molar-refractivity contribution in [3.05, 3.63) is 65.2 Å². The predicted octanol–water partition coefficient (Wildman–Crippen LogP) is 4.85. The van der Waals surface area contributed by atoms with E-state index in [2.05, 4.69) is 0 Å².